The van der Waals surface area contributed by atoms with E-state index < -0.39 is 0 Å². The first-order valence-electron chi connectivity index (χ1n) is 7.45. The zero-order chi connectivity index (χ0) is 14.5. The molecule has 0 unspecified atom stereocenters. The minimum atomic E-state index is 0.635. The molecule has 5 heteroatoms. The molecule has 0 amide bonds. The predicted octanol–water partition coefficient (Wildman–Crippen LogP) is 2.01. The van der Waals surface area contributed by atoms with Crippen LogP contribution < -0.4 is 14.8 Å². The van der Waals surface area contributed by atoms with Crippen molar-refractivity contribution in [2.24, 2.45) is 0 Å². The van der Waals surface area contributed by atoms with Crippen LogP contribution in [0.2, 0.25) is 0 Å². The summed E-state index contributed by atoms with van der Waals surface area (Å²) in [4.78, 5) is 0. The fraction of sp³-hybridized carbons (Fsp3) is 0.438. The molecule has 0 radical (unpaired) electrons. The number of hydrogen-bond donors (Lipinski definition) is 1. The van der Waals surface area contributed by atoms with Gasteiger partial charge in [0.05, 0.1) is 6.20 Å². The molecule has 0 bridgehead atoms. The predicted molar refractivity (Wildman–Crippen MR) is 80.7 cm³/mol. The van der Waals surface area contributed by atoms with Gasteiger partial charge in [-0.3, -0.25) is 4.68 Å². The maximum Gasteiger partial charge on any atom is 0.161 e. The molecular formula is C16H21N3O2. The molecule has 1 aliphatic heterocycles. The highest BCUT2D eigenvalue weighted by atomic mass is 16.6. The summed E-state index contributed by atoms with van der Waals surface area (Å²) in [5.41, 5.74) is 2.48. The highest BCUT2D eigenvalue weighted by Gasteiger charge is 2.11. The van der Waals surface area contributed by atoms with E-state index in [2.05, 4.69) is 35.7 Å². The summed E-state index contributed by atoms with van der Waals surface area (Å²) in [5, 5.41) is 7.71. The van der Waals surface area contributed by atoms with Gasteiger partial charge in [-0.15, -0.1) is 0 Å². The third-order valence-corrected chi connectivity index (χ3v) is 3.54. The summed E-state index contributed by atoms with van der Waals surface area (Å²) in [7, 11) is 0. The number of aryl methyl sites for hydroxylation is 1. The number of ether oxygens (including phenoxy) is 2. The minimum absolute atomic E-state index is 0.635. The van der Waals surface area contributed by atoms with Crippen LogP contribution in [0.1, 0.15) is 18.1 Å². The second-order valence-corrected chi connectivity index (χ2v) is 5.11. The van der Waals surface area contributed by atoms with Crippen LogP contribution in [-0.4, -0.2) is 29.5 Å². The number of rotatable bonds is 6. The average molecular weight is 287 g/mol. The van der Waals surface area contributed by atoms with Crippen LogP contribution in [0, 0.1) is 0 Å². The Labute approximate surface area is 124 Å². The van der Waals surface area contributed by atoms with E-state index in [0.717, 1.165) is 37.6 Å². The summed E-state index contributed by atoms with van der Waals surface area (Å²) in [5.74, 6) is 1.72. The molecular weight excluding hydrogens is 266 g/mol. The lowest BCUT2D eigenvalue weighted by Gasteiger charge is -2.18. The molecule has 0 aliphatic carbocycles. The lowest BCUT2D eigenvalue weighted by atomic mass is 10.1. The second kappa shape index (κ2) is 6.63. The fourth-order valence-corrected chi connectivity index (χ4v) is 2.38. The Morgan fingerprint density at radius 3 is 2.86 bits per heavy atom. The smallest absolute Gasteiger partial charge is 0.161 e. The Balaban J connectivity index is 1.47. The van der Waals surface area contributed by atoms with Crippen LogP contribution >= 0.6 is 0 Å². The molecule has 0 saturated carbocycles. The van der Waals surface area contributed by atoms with Gasteiger partial charge in [0, 0.05) is 24.8 Å². The molecule has 1 aromatic carbocycles. The molecule has 21 heavy (non-hydrogen) atoms. The summed E-state index contributed by atoms with van der Waals surface area (Å²) in [6, 6.07) is 6.17. The van der Waals surface area contributed by atoms with Crippen molar-refractivity contribution >= 4 is 0 Å². The SMILES string of the molecule is CCn1cc(CNCCc2ccc3c(c2)OCCO3)cn1. The zero-order valence-corrected chi connectivity index (χ0v) is 12.3. The first kappa shape index (κ1) is 13.9. The van der Waals surface area contributed by atoms with Crippen molar-refractivity contribution in [3.63, 3.8) is 0 Å². The van der Waals surface area contributed by atoms with E-state index in [9.17, 15) is 0 Å². The zero-order valence-electron chi connectivity index (χ0n) is 12.3. The number of benzene rings is 1. The van der Waals surface area contributed by atoms with Crippen LogP contribution in [-0.2, 0) is 19.5 Å². The lowest BCUT2D eigenvalue weighted by Crippen LogP contribution is -2.17. The molecule has 1 aromatic heterocycles. The van der Waals surface area contributed by atoms with Gasteiger partial charge in [-0.25, -0.2) is 0 Å². The van der Waals surface area contributed by atoms with E-state index in [-0.39, 0.29) is 0 Å². The number of nitrogens with zero attached hydrogens (tertiary/aromatic N) is 2. The van der Waals surface area contributed by atoms with Crippen molar-refractivity contribution in [1.82, 2.24) is 15.1 Å². The Morgan fingerprint density at radius 1 is 1.19 bits per heavy atom. The molecule has 3 rings (SSSR count). The standard InChI is InChI=1S/C16H21N3O2/c1-2-19-12-14(11-18-19)10-17-6-5-13-3-4-15-16(9-13)21-8-7-20-15/h3-4,9,11-12,17H,2,5-8,10H2,1H3. The summed E-state index contributed by atoms with van der Waals surface area (Å²) >= 11 is 0. The van der Waals surface area contributed by atoms with E-state index in [0.29, 0.717) is 13.2 Å². The molecule has 2 aromatic rings. The number of nitrogens with one attached hydrogen (secondary N) is 1. The van der Waals surface area contributed by atoms with E-state index in [1.54, 1.807) is 0 Å². The summed E-state index contributed by atoms with van der Waals surface area (Å²) in [6.07, 6.45) is 4.97. The van der Waals surface area contributed by atoms with Crippen molar-refractivity contribution in [3.05, 3.63) is 41.7 Å². The van der Waals surface area contributed by atoms with Gasteiger partial charge in [0.25, 0.3) is 0 Å². The summed E-state index contributed by atoms with van der Waals surface area (Å²) in [6.45, 7) is 6.06. The van der Waals surface area contributed by atoms with Crippen LogP contribution in [0.5, 0.6) is 11.5 Å². The quantitative estimate of drug-likeness (QED) is 0.826. The van der Waals surface area contributed by atoms with Gasteiger partial charge in [0.1, 0.15) is 13.2 Å². The number of aromatic nitrogens is 2. The second-order valence-electron chi connectivity index (χ2n) is 5.11. The first-order chi connectivity index (χ1) is 10.3. The molecule has 1 N–H and O–H groups in total. The first-order valence-corrected chi connectivity index (χ1v) is 7.45. The topological polar surface area (TPSA) is 48.3 Å². The molecule has 112 valence electrons. The monoisotopic (exact) mass is 287 g/mol. The van der Waals surface area contributed by atoms with Crippen LogP contribution in [0.3, 0.4) is 0 Å². The lowest BCUT2D eigenvalue weighted by molar-refractivity contribution is 0.171. The van der Waals surface area contributed by atoms with E-state index in [1.165, 1.54) is 11.1 Å². The third-order valence-electron chi connectivity index (χ3n) is 3.54. The molecule has 0 fully saturated rings. The van der Waals surface area contributed by atoms with Crippen LogP contribution in [0.15, 0.2) is 30.6 Å². The van der Waals surface area contributed by atoms with Gasteiger partial charge in [-0.1, -0.05) is 6.07 Å². The van der Waals surface area contributed by atoms with Crippen molar-refractivity contribution in [3.8, 4) is 11.5 Å². The number of fused-ring (bicyclic) bond motifs is 1. The Bertz CT molecular complexity index is 595. The summed E-state index contributed by atoms with van der Waals surface area (Å²) < 4.78 is 13.1. The number of hydrogen-bond acceptors (Lipinski definition) is 4. The molecule has 0 atom stereocenters. The Kier molecular flexibility index (Phi) is 4.40. The van der Waals surface area contributed by atoms with Crippen molar-refractivity contribution in [2.45, 2.75) is 26.4 Å². The van der Waals surface area contributed by atoms with Crippen molar-refractivity contribution in [2.75, 3.05) is 19.8 Å². The van der Waals surface area contributed by atoms with Crippen molar-refractivity contribution < 1.29 is 9.47 Å². The van der Waals surface area contributed by atoms with Gasteiger partial charge >= 0.3 is 0 Å². The van der Waals surface area contributed by atoms with Gasteiger partial charge in [-0.2, -0.15) is 5.10 Å². The van der Waals surface area contributed by atoms with Crippen LogP contribution in [0.4, 0.5) is 0 Å². The van der Waals surface area contributed by atoms with Gasteiger partial charge in [0.15, 0.2) is 11.5 Å². The van der Waals surface area contributed by atoms with E-state index in [4.69, 9.17) is 9.47 Å². The Morgan fingerprint density at radius 2 is 2.05 bits per heavy atom. The normalized spacial score (nSPS) is 13.4. The van der Waals surface area contributed by atoms with Gasteiger partial charge in [0.2, 0.25) is 0 Å². The average Bonchev–Trinajstić information content (AvgIpc) is 2.99. The Hall–Kier alpha value is -2.01. The van der Waals surface area contributed by atoms with Crippen molar-refractivity contribution in [1.29, 1.82) is 0 Å². The van der Waals surface area contributed by atoms with Gasteiger partial charge < -0.3 is 14.8 Å². The fourth-order valence-electron chi connectivity index (χ4n) is 2.38. The van der Waals surface area contributed by atoms with E-state index in [1.807, 2.05) is 16.9 Å². The minimum Gasteiger partial charge on any atom is -0.486 e. The maximum absolute atomic E-state index is 5.60. The highest BCUT2D eigenvalue weighted by Crippen LogP contribution is 2.30. The van der Waals surface area contributed by atoms with Gasteiger partial charge in [-0.05, 0) is 37.6 Å². The molecule has 0 spiro atoms. The van der Waals surface area contributed by atoms with Crippen LogP contribution in [0.25, 0.3) is 0 Å². The molecule has 5 nitrogen and oxygen atoms in total. The molecule has 0 saturated heterocycles. The van der Waals surface area contributed by atoms with E-state index >= 15 is 0 Å². The highest BCUT2D eigenvalue weighted by molar-refractivity contribution is 5.43. The largest absolute Gasteiger partial charge is 0.486 e. The molecule has 1 aliphatic rings. The third kappa shape index (κ3) is 3.55. The molecule has 2 heterocycles. The maximum atomic E-state index is 5.60.